The molecule has 4 fully saturated rings. The second-order valence-corrected chi connectivity index (χ2v) is 10.8. The first-order valence-corrected chi connectivity index (χ1v) is 11.9. The summed E-state index contributed by atoms with van der Waals surface area (Å²) >= 11 is 0. The Bertz CT molecular complexity index is 697. The van der Waals surface area contributed by atoms with Crippen molar-refractivity contribution in [2.75, 3.05) is 0 Å². The van der Waals surface area contributed by atoms with E-state index in [9.17, 15) is 14.7 Å². The zero-order valence-corrected chi connectivity index (χ0v) is 18.3. The summed E-state index contributed by atoms with van der Waals surface area (Å²) in [6, 6.07) is 0. The highest BCUT2D eigenvalue weighted by atomic mass is 16.4. The molecule has 2 N–H and O–H groups in total. The summed E-state index contributed by atoms with van der Waals surface area (Å²) in [5.41, 5.74) is 1.13. The van der Waals surface area contributed by atoms with Crippen LogP contribution in [0.25, 0.3) is 0 Å². The van der Waals surface area contributed by atoms with E-state index in [4.69, 9.17) is 5.11 Å². The predicted molar refractivity (Wildman–Crippen MR) is 112 cm³/mol. The van der Waals surface area contributed by atoms with Gasteiger partial charge in [-0.05, 0) is 105 Å². The number of rotatable bonds is 4. The van der Waals surface area contributed by atoms with E-state index in [0.717, 1.165) is 50.5 Å². The van der Waals surface area contributed by atoms with Crippen LogP contribution in [0.1, 0.15) is 78.6 Å². The van der Waals surface area contributed by atoms with E-state index in [2.05, 4.69) is 13.8 Å². The summed E-state index contributed by atoms with van der Waals surface area (Å²) in [5, 5.41) is 19.4. The molecule has 0 amide bonds. The Morgan fingerprint density at radius 1 is 1.21 bits per heavy atom. The minimum Gasteiger partial charge on any atom is -0.481 e. The quantitative estimate of drug-likeness (QED) is 0.659. The third-order valence-electron chi connectivity index (χ3n) is 9.62. The number of aliphatic hydroxyl groups is 1. The molecule has 2 unspecified atom stereocenters. The smallest absolute Gasteiger partial charge is 0.303 e. The van der Waals surface area contributed by atoms with Crippen molar-refractivity contribution in [3.05, 3.63) is 11.6 Å². The second kappa shape index (κ2) is 7.83. The van der Waals surface area contributed by atoms with E-state index in [1.165, 1.54) is 6.42 Å². The number of hydrogen-bond acceptors (Lipinski definition) is 3. The summed E-state index contributed by atoms with van der Waals surface area (Å²) in [6.07, 6.45) is 10.0. The minimum atomic E-state index is -0.700. The Balaban J connectivity index is 1.59. The first-order valence-electron chi connectivity index (χ1n) is 11.9. The fourth-order valence-electron chi connectivity index (χ4n) is 8.19. The van der Waals surface area contributed by atoms with Gasteiger partial charge in [-0.3, -0.25) is 9.59 Å². The molecular weight excluding hydrogens is 364 g/mol. The van der Waals surface area contributed by atoms with Crippen molar-refractivity contribution in [1.82, 2.24) is 0 Å². The van der Waals surface area contributed by atoms with Gasteiger partial charge in [0.05, 0.1) is 6.10 Å². The van der Waals surface area contributed by atoms with Crippen molar-refractivity contribution in [3.8, 4) is 0 Å². The average molecular weight is 403 g/mol. The molecule has 4 nitrogen and oxygen atoms in total. The molecule has 0 aromatic heterocycles. The van der Waals surface area contributed by atoms with Crippen LogP contribution in [0.15, 0.2) is 11.6 Å². The molecule has 4 aliphatic rings. The van der Waals surface area contributed by atoms with Gasteiger partial charge in [-0.15, -0.1) is 0 Å². The van der Waals surface area contributed by atoms with Crippen molar-refractivity contribution in [3.63, 3.8) is 0 Å². The van der Waals surface area contributed by atoms with Crippen molar-refractivity contribution in [2.24, 2.45) is 46.8 Å². The van der Waals surface area contributed by atoms with Crippen molar-refractivity contribution < 1.29 is 19.8 Å². The van der Waals surface area contributed by atoms with Gasteiger partial charge in [0.1, 0.15) is 0 Å². The van der Waals surface area contributed by atoms with Gasteiger partial charge < -0.3 is 10.2 Å². The van der Waals surface area contributed by atoms with Crippen LogP contribution >= 0.6 is 0 Å². The second-order valence-electron chi connectivity index (χ2n) is 10.8. The monoisotopic (exact) mass is 402 g/mol. The summed E-state index contributed by atoms with van der Waals surface area (Å²) in [7, 11) is 0. The molecule has 0 aromatic rings. The normalized spacial score (nSPS) is 46.7. The summed E-state index contributed by atoms with van der Waals surface area (Å²) in [5.74, 6) is 2.53. The van der Waals surface area contributed by atoms with E-state index in [1.54, 1.807) is 0 Å². The van der Waals surface area contributed by atoms with Crippen LogP contribution in [-0.4, -0.2) is 28.1 Å². The number of ketones is 1. The average Bonchev–Trinajstić information content (AvgIpc) is 3.12. The minimum absolute atomic E-state index is 0.137. The number of fused-ring (bicyclic) bond motifs is 5. The van der Waals surface area contributed by atoms with Crippen molar-refractivity contribution in [1.29, 1.82) is 0 Å². The van der Waals surface area contributed by atoms with Gasteiger partial charge in [0.15, 0.2) is 5.78 Å². The van der Waals surface area contributed by atoms with E-state index in [-0.39, 0.29) is 29.8 Å². The number of aliphatic hydroxyl groups excluding tert-OH is 1. The maximum absolute atomic E-state index is 13.7. The lowest BCUT2D eigenvalue weighted by atomic mass is 9.45. The number of carboxylic acids is 1. The molecule has 0 saturated heterocycles. The number of carbonyl (C=O) groups is 2. The van der Waals surface area contributed by atoms with Gasteiger partial charge in [-0.25, -0.2) is 0 Å². The molecule has 4 heteroatoms. The number of Topliss-reactive ketones (excluding diaryl/α,β-unsaturated/α-hetero) is 1. The molecule has 4 aliphatic carbocycles. The highest BCUT2D eigenvalue weighted by molar-refractivity contribution is 5.99. The summed E-state index contributed by atoms with van der Waals surface area (Å²) in [4.78, 5) is 24.7. The number of carboxylic acid groups (broad SMARTS) is 1. The van der Waals surface area contributed by atoms with Crippen LogP contribution < -0.4 is 0 Å². The van der Waals surface area contributed by atoms with Crippen LogP contribution in [0.5, 0.6) is 0 Å². The molecule has 162 valence electrons. The number of aliphatic carboxylic acids is 1. The number of allylic oxidation sites excluding steroid dienone is 2. The molecule has 0 bridgehead atoms. The Morgan fingerprint density at radius 3 is 2.62 bits per heavy atom. The lowest BCUT2D eigenvalue weighted by Gasteiger charge is -2.58. The third-order valence-corrected chi connectivity index (χ3v) is 9.62. The topological polar surface area (TPSA) is 74.6 Å². The van der Waals surface area contributed by atoms with E-state index < -0.39 is 5.97 Å². The first-order chi connectivity index (χ1) is 13.8. The highest BCUT2D eigenvalue weighted by Gasteiger charge is 2.61. The molecule has 0 radical (unpaired) electrons. The molecule has 4 saturated carbocycles. The molecule has 0 aromatic carbocycles. The van der Waals surface area contributed by atoms with Gasteiger partial charge >= 0.3 is 5.97 Å². The molecule has 0 heterocycles. The maximum atomic E-state index is 13.7. The zero-order chi connectivity index (χ0) is 20.9. The fraction of sp³-hybridized carbons (Fsp3) is 0.840. The van der Waals surface area contributed by atoms with E-state index in [0.29, 0.717) is 35.4 Å². The van der Waals surface area contributed by atoms with Crippen LogP contribution in [0, 0.1) is 46.8 Å². The largest absolute Gasteiger partial charge is 0.481 e. The van der Waals surface area contributed by atoms with Gasteiger partial charge in [-0.1, -0.05) is 19.9 Å². The van der Waals surface area contributed by atoms with Crippen LogP contribution in [-0.2, 0) is 9.59 Å². The maximum Gasteiger partial charge on any atom is 0.303 e. The van der Waals surface area contributed by atoms with Gasteiger partial charge in [0.25, 0.3) is 0 Å². The predicted octanol–water partition coefficient (Wildman–Crippen LogP) is 4.85. The molecule has 0 spiro atoms. The van der Waals surface area contributed by atoms with Crippen LogP contribution in [0.4, 0.5) is 0 Å². The fourth-order valence-corrected chi connectivity index (χ4v) is 8.19. The molecule has 0 aliphatic heterocycles. The Labute approximate surface area is 175 Å². The highest BCUT2D eigenvalue weighted by Crippen LogP contribution is 2.64. The Morgan fingerprint density at radius 2 is 1.93 bits per heavy atom. The van der Waals surface area contributed by atoms with Gasteiger partial charge in [0.2, 0.25) is 0 Å². The first kappa shape index (κ1) is 21.1. The third kappa shape index (κ3) is 3.40. The van der Waals surface area contributed by atoms with Crippen LogP contribution in [0.2, 0.25) is 0 Å². The molecule has 29 heavy (non-hydrogen) atoms. The summed E-state index contributed by atoms with van der Waals surface area (Å²) in [6.45, 7) is 6.63. The lowest BCUT2D eigenvalue weighted by Crippen LogP contribution is -2.56. The van der Waals surface area contributed by atoms with Crippen molar-refractivity contribution in [2.45, 2.75) is 84.7 Å². The van der Waals surface area contributed by atoms with Crippen LogP contribution in [0.3, 0.4) is 0 Å². The van der Waals surface area contributed by atoms with E-state index >= 15 is 0 Å². The number of carbonyl (C=O) groups excluding carboxylic acids is 1. The molecule has 4 rings (SSSR count). The van der Waals surface area contributed by atoms with Gasteiger partial charge in [-0.2, -0.15) is 0 Å². The summed E-state index contributed by atoms with van der Waals surface area (Å²) < 4.78 is 0. The van der Waals surface area contributed by atoms with Gasteiger partial charge in [0, 0.05) is 12.3 Å². The number of hydrogen-bond donors (Lipinski definition) is 2. The molecule has 9 atom stereocenters. The zero-order valence-electron chi connectivity index (χ0n) is 18.3. The standard InChI is InChI=1S/C25H38O4/c1-4-16-21-13-15(26)11-12-25(21,3)20-9-8-18-17(14(2)5-10-22(27)28)6-7-19(18)23(20)24(16)29/h4,14-15,17-21,23,26H,5-13H2,1-3H3,(H,27,28)/b16-4+/t14?,15-,17-,18?,19-,20+,21+,23+,25-/m1/s1. The van der Waals surface area contributed by atoms with E-state index in [1.807, 2.05) is 13.0 Å². The molecular formula is C25H38O4. The SMILES string of the molecule is C/C=C1/C(=O)[C@H]2[C@@H]3CC[C@H](C(C)CCC(=O)O)C3CC[C@@H]2[C@@]2(C)CC[C@@H](O)C[C@@H]12. The lowest BCUT2D eigenvalue weighted by molar-refractivity contribution is -0.143. The Kier molecular flexibility index (Phi) is 5.69. The Hall–Kier alpha value is -1.16. The van der Waals surface area contributed by atoms with Crippen molar-refractivity contribution >= 4 is 11.8 Å².